The summed E-state index contributed by atoms with van der Waals surface area (Å²) in [6, 6.07) is 29.0. The molecule has 4 rings (SSSR count). The van der Waals surface area contributed by atoms with E-state index in [1.165, 1.54) is 0 Å². The highest BCUT2D eigenvalue weighted by molar-refractivity contribution is 5.95. The third-order valence-corrected chi connectivity index (χ3v) is 6.36. The maximum atomic E-state index is 11.6. The lowest BCUT2D eigenvalue weighted by molar-refractivity contribution is 0.100. The summed E-state index contributed by atoms with van der Waals surface area (Å²) in [5, 5.41) is 0. The summed E-state index contributed by atoms with van der Waals surface area (Å²) in [7, 11) is 0. The van der Waals surface area contributed by atoms with Gasteiger partial charge in [-0.05, 0) is 72.4 Å². The average Bonchev–Trinajstić information content (AvgIpc) is 2.94. The molecule has 0 bridgehead atoms. The summed E-state index contributed by atoms with van der Waals surface area (Å²) in [5.41, 5.74) is 8.21. The van der Waals surface area contributed by atoms with Gasteiger partial charge in [0.2, 0.25) is 0 Å². The molecule has 4 aromatic rings. The van der Waals surface area contributed by atoms with E-state index in [0.717, 1.165) is 33.4 Å². The van der Waals surface area contributed by atoms with Crippen LogP contribution in [0.2, 0.25) is 0 Å². The number of benzene rings is 4. The van der Waals surface area contributed by atoms with Crippen molar-refractivity contribution in [2.24, 2.45) is 0 Å². The van der Waals surface area contributed by atoms with Crippen LogP contribution in [0.15, 0.2) is 91.0 Å². The Labute approximate surface area is 229 Å². The van der Waals surface area contributed by atoms with Crippen molar-refractivity contribution in [3.05, 3.63) is 141 Å². The number of rotatable bonds is 9. The molecule has 0 saturated carbocycles. The Kier molecular flexibility index (Phi) is 8.75. The van der Waals surface area contributed by atoms with Crippen LogP contribution in [0.4, 0.5) is 0 Å². The van der Waals surface area contributed by atoms with E-state index in [1.54, 1.807) is 20.8 Å². The van der Waals surface area contributed by atoms with Gasteiger partial charge in [-0.3, -0.25) is 14.4 Å². The van der Waals surface area contributed by atoms with E-state index in [1.807, 2.05) is 91.0 Å². The van der Waals surface area contributed by atoms with Crippen molar-refractivity contribution in [2.45, 2.75) is 20.8 Å². The molecule has 4 aromatic carbocycles. The monoisotopic (exact) mass is 510 g/mol. The highest BCUT2D eigenvalue weighted by Crippen LogP contribution is 2.20. The molecule has 0 aliphatic heterocycles. The zero-order valence-electron chi connectivity index (χ0n) is 22.3. The van der Waals surface area contributed by atoms with Crippen molar-refractivity contribution < 1.29 is 14.4 Å². The van der Waals surface area contributed by atoms with Crippen LogP contribution >= 0.6 is 0 Å². The van der Waals surface area contributed by atoms with Gasteiger partial charge in [0.15, 0.2) is 17.3 Å². The first-order valence-corrected chi connectivity index (χ1v) is 12.8. The molecular formula is C36H30O3. The van der Waals surface area contributed by atoms with Gasteiger partial charge in [-0.2, -0.15) is 0 Å². The van der Waals surface area contributed by atoms with Crippen LogP contribution in [0.25, 0.3) is 36.5 Å². The molecule has 192 valence electrons. The molecular weight excluding hydrogens is 480 g/mol. The minimum absolute atomic E-state index is 0.0494. The fourth-order valence-corrected chi connectivity index (χ4v) is 4.06. The predicted octanol–water partition coefficient (Wildman–Crippen LogP) is 8.81. The van der Waals surface area contributed by atoms with Crippen LogP contribution in [0.1, 0.15) is 85.2 Å². The fraction of sp³-hybridized carbons (Fsp3) is 0.0833. The minimum Gasteiger partial charge on any atom is -0.295 e. The minimum atomic E-state index is 0.0494. The molecule has 0 radical (unpaired) electrons. The van der Waals surface area contributed by atoms with Gasteiger partial charge in [-0.25, -0.2) is 0 Å². The Morgan fingerprint density at radius 3 is 0.769 bits per heavy atom. The SMILES string of the molecule is CC(=O)c1ccc(/C=C/c2cc(/C=C/c3ccc(C(C)=O)cc3)cc(/C=C/c3ccc(C(C)=O)cc3)c2)cc1. The molecule has 0 atom stereocenters. The molecule has 0 aliphatic carbocycles. The fourth-order valence-electron chi connectivity index (χ4n) is 4.06. The van der Waals surface area contributed by atoms with Gasteiger partial charge >= 0.3 is 0 Å². The van der Waals surface area contributed by atoms with Gasteiger partial charge in [0, 0.05) is 16.7 Å². The largest absolute Gasteiger partial charge is 0.295 e. The summed E-state index contributed by atoms with van der Waals surface area (Å²) in [4.78, 5) is 34.7. The lowest BCUT2D eigenvalue weighted by Crippen LogP contribution is -1.90. The normalized spacial score (nSPS) is 11.5. The Morgan fingerprint density at radius 1 is 0.359 bits per heavy atom. The van der Waals surface area contributed by atoms with Crippen molar-refractivity contribution in [1.82, 2.24) is 0 Å². The molecule has 0 aromatic heterocycles. The third-order valence-electron chi connectivity index (χ3n) is 6.36. The van der Waals surface area contributed by atoms with Crippen molar-refractivity contribution in [3.63, 3.8) is 0 Å². The van der Waals surface area contributed by atoms with E-state index in [2.05, 4.69) is 36.4 Å². The summed E-state index contributed by atoms with van der Waals surface area (Å²) < 4.78 is 0. The Morgan fingerprint density at radius 2 is 0.564 bits per heavy atom. The molecule has 0 heterocycles. The van der Waals surface area contributed by atoms with Crippen molar-refractivity contribution >= 4 is 53.8 Å². The molecule has 0 spiro atoms. The van der Waals surface area contributed by atoms with E-state index >= 15 is 0 Å². The summed E-state index contributed by atoms with van der Waals surface area (Å²) >= 11 is 0. The third kappa shape index (κ3) is 7.80. The van der Waals surface area contributed by atoms with Gasteiger partial charge in [-0.1, -0.05) is 109 Å². The van der Waals surface area contributed by atoms with Crippen LogP contribution in [-0.4, -0.2) is 17.3 Å². The van der Waals surface area contributed by atoms with E-state index in [0.29, 0.717) is 16.7 Å². The summed E-state index contributed by atoms with van der Waals surface area (Å²) in [6.07, 6.45) is 12.3. The Balaban J connectivity index is 1.63. The van der Waals surface area contributed by atoms with Gasteiger partial charge in [0.05, 0.1) is 0 Å². The molecule has 3 heteroatoms. The number of hydrogen-bond donors (Lipinski definition) is 0. The first-order chi connectivity index (χ1) is 18.8. The first kappa shape index (κ1) is 27.2. The maximum Gasteiger partial charge on any atom is 0.159 e. The second-order valence-electron chi connectivity index (χ2n) is 9.47. The molecule has 0 amide bonds. The van der Waals surface area contributed by atoms with Crippen molar-refractivity contribution in [1.29, 1.82) is 0 Å². The Hall–Kier alpha value is -4.89. The van der Waals surface area contributed by atoms with Gasteiger partial charge in [0.1, 0.15) is 0 Å². The smallest absolute Gasteiger partial charge is 0.159 e. The average molecular weight is 511 g/mol. The zero-order valence-corrected chi connectivity index (χ0v) is 22.3. The molecule has 0 N–H and O–H groups in total. The van der Waals surface area contributed by atoms with Crippen LogP contribution in [0.3, 0.4) is 0 Å². The molecule has 0 unspecified atom stereocenters. The van der Waals surface area contributed by atoms with E-state index < -0.39 is 0 Å². The van der Waals surface area contributed by atoms with E-state index in [9.17, 15) is 14.4 Å². The Bertz CT molecular complexity index is 1370. The maximum absolute atomic E-state index is 11.6. The topological polar surface area (TPSA) is 51.2 Å². The molecule has 0 fully saturated rings. The van der Waals surface area contributed by atoms with Crippen molar-refractivity contribution in [2.75, 3.05) is 0 Å². The van der Waals surface area contributed by atoms with Crippen LogP contribution in [0.5, 0.6) is 0 Å². The van der Waals surface area contributed by atoms with Gasteiger partial charge in [-0.15, -0.1) is 0 Å². The van der Waals surface area contributed by atoms with E-state index in [-0.39, 0.29) is 17.3 Å². The molecule has 0 saturated heterocycles. The quantitative estimate of drug-likeness (QED) is 0.167. The standard InChI is InChI=1S/C36H30O3/c1-25(37)34-16-10-28(11-17-34)4-7-31-22-32(8-5-29-12-18-35(19-13-29)26(2)38)24-33(23-31)9-6-30-14-20-36(21-15-30)27(3)39/h4-24H,1-3H3/b7-4+,8-5+,9-6+. The van der Waals surface area contributed by atoms with Gasteiger partial charge in [0.25, 0.3) is 0 Å². The summed E-state index contributed by atoms with van der Waals surface area (Å²) in [5.74, 6) is 0.148. The molecule has 39 heavy (non-hydrogen) atoms. The number of ketones is 3. The number of hydrogen-bond acceptors (Lipinski definition) is 3. The predicted molar refractivity (Wildman–Crippen MR) is 163 cm³/mol. The highest BCUT2D eigenvalue weighted by Gasteiger charge is 2.01. The molecule has 0 aliphatic rings. The first-order valence-electron chi connectivity index (χ1n) is 12.8. The number of carbonyl (C=O) groups is 3. The zero-order chi connectivity index (χ0) is 27.8. The van der Waals surface area contributed by atoms with E-state index in [4.69, 9.17) is 0 Å². The van der Waals surface area contributed by atoms with Crippen molar-refractivity contribution in [3.8, 4) is 0 Å². The van der Waals surface area contributed by atoms with Crippen LogP contribution in [-0.2, 0) is 0 Å². The number of carbonyl (C=O) groups excluding carboxylic acids is 3. The lowest BCUT2D eigenvalue weighted by Gasteiger charge is -2.04. The van der Waals surface area contributed by atoms with Crippen LogP contribution in [0, 0.1) is 0 Å². The lowest BCUT2D eigenvalue weighted by atomic mass is 10.0. The number of Topliss-reactive ketones (excluding diaryl/α,β-unsaturated/α-hetero) is 3. The summed E-state index contributed by atoms with van der Waals surface area (Å²) in [6.45, 7) is 4.69. The second-order valence-corrected chi connectivity index (χ2v) is 9.47. The molecule has 3 nitrogen and oxygen atoms in total. The van der Waals surface area contributed by atoms with Crippen LogP contribution < -0.4 is 0 Å². The second kappa shape index (κ2) is 12.6. The highest BCUT2D eigenvalue weighted by atomic mass is 16.1. The van der Waals surface area contributed by atoms with Gasteiger partial charge < -0.3 is 0 Å².